The van der Waals surface area contributed by atoms with E-state index in [1.165, 1.54) is 0 Å². The summed E-state index contributed by atoms with van der Waals surface area (Å²) in [6.07, 6.45) is 5.31. The zero-order valence-corrected chi connectivity index (χ0v) is 9.92. The molecule has 0 bridgehead atoms. The zero-order valence-electron chi connectivity index (χ0n) is 9.92. The number of amides is 1. The molecule has 0 aliphatic heterocycles. The summed E-state index contributed by atoms with van der Waals surface area (Å²) in [5, 5.41) is 5.93. The Morgan fingerprint density at radius 3 is 3.00 bits per heavy atom. The summed E-state index contributed by atoms with van der Waals surface area (Å²) in [5.41, 5.74) is 0. The highest BCUT2D eigenvalue weighted by molar-refractivity contribution is 5.77. The third-order valence-corrected chi connectivity index (χ3v) is 2.14. The van der Waals surface area contributed by atoms with Crippen LogP contribution in [0, 0.1) is 0 Å². The Labute approximate surface area is 96.0 Å². The van der Waals surface area contributed by atoms with E-state index in [9.17, 15) is 4.79 Å². The molecule has 0 aliphatic carbocycles. The molecular formula is C11H20N4O. The monoisotopic (exact) mass is 224 g/mol. The summed E-state index contributed by atoms with van der Waals surface area (Å²) in [6, 6.07) is 0.342. The Morgan fingerprint density at radius 2 is 2.38 bits per heavy atom. The van der Waals surface area contributed by atoms with E-state index in [2.05, 4.69) is 20.6 Å². The summed E-state index contributed by atoms with van der Waals surface area (Å²) in [6.45, 7) is 5.12. The number of hydrogen-bond donors (Lipinski definition) is 3. The molecule has 1 aromatic rings. The van der Waals surface area contributed by atoms with Crippen LogP contribution in [-0.2, 0) is 11.2 Å². The van der Waals surface area contributed by atoms with Gasteiger partial charge in [0.25, 0.3) is 0 Å². The van der Waals surface area contributed by atoms with Crippen molar-refractivity contribution in [3.8, 4) is 0 Å². The van der Waals surface area contributed by atoms with Crippen LogP contribution in [0.1, 0.15) is 26.1 Å². The Hall–Kier alpha value is -1.36. The van der Waals surface area contributed by atoms with Crippen LogP contribution in [0.15, 0.2) is 12.4 Å². The molecule has 1 rings (SSSR count). The van der Waals surface area contributed by atoms with Crippen molar-refractivity contribution in [3.05, 3.63) is 18.2 Å². The number of aromatic nitrogens is 2. The van der Waals surface area contributed by atoms with Gasteiger partial charge in [-0.15, -0.1) is 0 Å². The Kier molecular flexibility index (Phi) is 5.56. The van der Waals surface area contributed by atoms with Crippen LogP contribution in [0.5, 0.6) is 0 Å². The summed E-state index contributed by atoms with van der Waals surface area (Å²) in [4.78, 5) is 18.5. The minimum atomic E-state index is 0.0492. The molecule has 5 nitrogen and oxygen atoms in total. The number of nitrogens with zero attached hydrogens (tertiary/aromatic N) is 1. The average Bonchev–Trinajstić information content (AvgIpc) is 2.74. The number of H-pyrrole nitrogens is 1. The molecule has 0 saturated carbocycles. The highest BCUT2D eigenvalue weighted by Crippen LogP contribution is 1.93. The standard InChI is InChI=1S/C11H20N4O/c1-9(2)15-8-11(16)14-5-3-4-10-12-6-7-13-10/h6-7,9,15H,3-5,8H2,1-2H3,(H,12,13)(H,14,16). The second-order valence-electron chi connectivity index (χ2n) is 4.02. The van der Waals surface area contributed by atoms with Crippen LogP contribution in [0.2, 0.25) is 0 Å². The normalized spacial score (nSPS) is 10.7. The van der Waals surface area contributed by atoms with Gasteiger partial charge in [0.1, 0.15) is 5.82 Å². The fourth-order valence-corrected chi connectivity index (χ4v) is 1.28. The lowest BCUT2D eigenvalue weighted by molar-refractivity contribution is -0.120. The van der Waals surface area contributed by atoms with Crippen molar-refractivity contribution in [1.82, 2.24) is 20.6 Å². The van der Waals surface area contributed by atoms with Gasteiger partial charge in [0, 0.05) is 31.4 Å². The van der Waals surface area contributed by atoms with Gasteiger partial charge in [0.2, 0.25) is 5.91 Å². The Morgan fingerprint density at radius 1 is 1.56 bits per heavy atom. The van der Waals surface area contributed by atoms with E-state index in [-0.39, 0.29) is 5.91 Å². The first-order valence-electron chi connectivity index (χ1n) is 5.67. The van der Waals surface area contributed by atoms with Gasteiger partial charge >= 0.3 is 0 Å². The molecule has 0 atom stereocenters. The van der Waals surface area contributed by atoms with Crippen molar-refractivity contribution in [2.45, 2.75) is 32.7 Å². The van der Waals surface area contributed by atoms with Gasteiger partial charge in [0.15, 0.2) is 0 Å². The predicted molar refractivity (Wildman–Crippen MR) is 63.1 cm³/mol. The molecule has 3 N–H and O–H groups in total. The van der Waals surface area contributed by atoms with E-state index >= 15 is 0 Å². The summed E-state index contributed by atoms with van der Waals surface area (Å²) < 4.78 is 0. The number of hydrogen-bond acceptors (Lipinski definition) is 3. The number of rotatable bonds is 7. The second kappa shape index (κ2) is 7.00. The SMILES string of the molecule is CC(C)NCC(=O)NCCCc1ncc[nH]1. The van der Waals surface area contributed by atoms with Gasteiger partial charge in [-0.1, -0.05) is 13.8 Å². The smallest absolute Gasteiger partial charge is 0.233 e. The maximum absolute atomic E-state index is 11.3. The van der Waals surface area contributed by atoms with Crippen LogP contribution in [0.3, 0.4) is 0 Å². The molecule has 16 heavy (non-hydrogen) atoms. The molecule has 90 valence electrons. The molecule has 0 saturated heterocycles. The largest absolute Gasteiger partial charge is 0.355 e. The first-order chi connectivity index (χ1) is 7.68. The first-order valence-corrected chi connectivity index (χ1v) is 5.67. The molecule has 0 spiro atoms. The molecule has 1 heterocycles. The molecule has 0 unspecified atom stereocenters. The lowest BCUT2D eigenvalue weighted by Gasteiger charge is -2.08. The minimum Gasteiger partial charge on any atom is -0.355 e. The quantitative estimate of drug-likeness (QED) is 0.589. The van der Waals surface area contributed by atoms with E-state index in [0.717, 1.165) is 18.7 Å². The van der Waals surface area contributed by atoms with E-state index in [4.69, 9.17) is 0 Å². The zero-order chi connectivity index (χ0) is 11.8. The van der Waals surface area contributed by atoms with Gasteiger partial charge in [0.05, 0.1) is 6.54 Å². The van der Waals surface area contributed by atoms with Crippen LogP contribution < -0.4 is 10.6 Å². The van der Waals surface area contributed by atoms with Crippen molar-refractivity contribution < 1.29 is 4.79 Å². The third kappa shape index (κ3) is 5.50. The second-order valence-corrected chi connectivity index (χ2v) is 4.02. The van der Waals surface area contributed by atoms with E-state index in [0.29, 0.717) is 19.1 Å². The summed E-state index contributed by atoms with van der Waals surface area (Å²) >= 11 is 0. The molecule has 1 aromatic heterocycles. The molecule has 0 aromatic carbocycles. The molecule has 0 radical (unpaired) electrons. The van der Waals surface area contributed by atoms with Crippen molar-refractivity contribution in [2.75, 3.05) is 13.1 Å². The number of imidazole rings is 1. The Bertz CT molecular complexity index is 295. The number of carbonyl (C=O) groups excluding carboxylic acids is 1. The first kappa shape index (κ1) is 12.7. The molecule has 0 aliphatic rings. The summed E-state index contributed by atoms with van der Waals surface area (Å²) in [7, 11) is 0. The van der Waals surface area contributed by atoms with Gasteiger partial charge in [-0.2, -0.15) is 0 Å². The average molecular weight is 224 g/mol. The van der Waals surface area contributed by atoms with Gasteiger partial charge in [-0.05, 0) is 6.42 Å². The summed E-state index contributed by atoms with van der Waals surface area (Å²) in [5.74, 6) is 1.02. The van der Waals surface area contributed by atoms with Crippen molar-refractivity contribution >= 4 is 5.91 Å². The fraction of sp³-hybridized carbons (Fsp3) is 0.636. The Balaban J connectivity index is 2.00. The fourth-order valence-electron chi connectivity index (χ4n) is 1.28. The number of nitrogens with one attached hydrogen (secondary N) is 3. The van der Waals surface area contributed by atoms with Crippen LogP contribution in [0.25, 0.3) is 0 Å². The van der Waals surface area contributed by atoms with Crippen molar-refractivity contribution in [2.24, 2.45) is 0 Å². The molecule has 1 amide bonds. The lowest BCUT2D eigenvalue weighted by atomic mass is 10.3. The number of carbonyl (C=O) groups is 1. The topological polar surface area (TPSA) is 69.8 Å². The number of aryl methyl sites for hydroxylation is 1. The highest BCUT2D eigenvalue weighted by atomic mass is 16.1. The molecule has 5 heteroatoms. The van der Waals surface area contributed by atoms with Crippen molar-refractivity contribution in [1.29, 1.82) is 0 Å². The maximum Gasteiger partial charge on any atom is 0.233 e. The molecular weight excluding hydrogens is 204 g/mol. The van der Waals surface area contributed by atoms with Gasteiger partial charge < -0.3 is 15.6 Å². The highest BCUT2D eigenvalue weighted by Gasteiger charge is 2.01. The number of aromatic amines is 1. The third-order valence-electron chi connectivity index (χ3n) is 2.14. The van der Waals surface area contributed by atoms with Crippen LogP contribution in [-0.4, -0.2) is 35.0 Å². The van der Waals surface area contributed by atoms with E-state index in [1.54, 1.807) is 12.4 Å². The van der Waals surface area contributed by atoms with Crippen LogP contribution in [0.4, 0.5) is 0 Å². The molecule has 0 fully saturated rings. The van der Waals surface area contributed by atoms with Crippen molar-refractivity contribution in [3.63, 3.8) is 0 Å². The van der Waals surface area contributed by atoms with Gasteiger partial charge in [-0.3, -0.25) is 4.79 Å². The van der Waals surface area contributed by atoms with E-state index < -0.39 is 0 Å². The lowest BCUT2D eigenvalue weighted by Crippen LogP contribution is -2.37. The minimum absolute atomic E-state index is 0.0492. The van der Waals surface area contributed by atoms with Gasteiger partial charge in [-0.25, -0.2) is 4.98 Å². The van der Waals surface area contributed by atoms with E-state index in [1.807, 2.05) is 13.8 Å². The maximum atomic E-state index is 11.3. The predicted octanol–water partition coefficient (Wildman–Crippen LogP) is 0.457. The van der Waals surface area contributed by atoms with Crippen LogP contribution >= 0.6 is 0 Å².